The molecule has 0 bridgehead atoms. The van der Waals surface area contributed by atoms with Gasteiger partial charge >= 0.3 is 0 Å². The van der Waals surface area contributed by atoms with Crippen LogP contribution in [0.1, 0.15) is 82.5 Å². The standard InChI is InChI=1S/C18H33N/c1-4-5-6-7-8-9-10-11-12-13-16-19-17(2)14-15-18(19)3/h14-15H,4-13,16H2,1-3H3. The van der Waals surface area contributed by atoms with E-state index < -0.39 is 0 Å². The van der Waals surface area contributed by atoms with E-state index in [-0.39, 0.29) is 0 Å². The molecule has 1 nitrogen and oxygen atoms in total. The molecule has 1 rings (SSSR count). The van der Waals surface area contributed by atoms with Gasteiger partial charge in [-0.05, 0) is 32.4 Å². The second-order valence-electron chi connectivity index (χ2n) is 5.95. The summed E-state index contributed by atoms with van der Waals surface area (Å²) >= 11 is 0. The topological polar surface area (TPSA) is 4.93 Å². The van der Waals surface area contributed by atoms with Gasteiger partial charge in [-0.1, -0.05) is 64.7 Å². The molecule has 0 radical (unpaired) electrons. The SMILES string of the molecule is CCCCCCCCCCCCn1c(C)ccc1C. The summed E-state index contributed by atoms with van der Waals surface area (Å²) in [6.07, 6.45) is 14.2. The molecule has 0 saturated carbocycles. The highest BCUT2D eigenvalue weighted by atomic mass is 15.0. The zero-order valence-corrected chi connectivity index (χ0v) is 13.4. The average molecular weight is 263 g/mol. The van der Waals surface area contributed by atoms with Crippen molar-refractivity contribution in [3.05, 3.63) is 23.5 Å². The normalized spacial score (nSPS) is 11.1. The number of aromatic nitrogens is 1. The Bertz CT molecular complexity index is 305. The molecule has 1 aromatic rings. The van der Waals surface area contributed by atoms with E-state index in [1.54, 1.807) is 0 Å². The monoisotopic (exact) mass is 263 g/mol. The number of aryl methyl sites for hydroxylation is 2. The van der Waals surface area contributed by atoms with Crippen molar-refractivity contribution in [1.82, 2.24) is 4.57 Å². The first-order chi connectivity index (χ1) is 9.25. The lowest BCUT2D eigenvalue weighted by Crippen LogP contribution is -2.01. The molecule has 0 spiro atoms. The van der Waals surface area contributed by atoms with Crippen LogP contribution in [0.15, 0.2) is 12.1 Å². The minimum Gasteiger partial charge on any atom is -0.349 e. The molecule has 0 amide bonds. The van der Waals surface area contributed by atoms with Gasteiger partial charge in [-0.2, -0.15) is 0 Å². The van der Waals surface area contributed by atoms with Crippen LogP contribution in [0.5, 0.6) is 0 Å². The Morgan fingerprint density at radius 2 is 1.11 bits per heavy atom. The number of nitrogens with zero attached hydrogens (tertiary/aromatic N) is 1. The van der Waals surface area contributed by atoms with E-state index in [0.29, 0.717) is 0 Å². The van der Waals surface area contributed by atoms with Crippen LogP contribution in [0, 0.1) is 13.8 Å². The average Bonchev–Trinajstić information content (AvgIpc) is 2.72. The van der Waals surface area contributed by atoms with Crippen molar-refractivity contribution < 1.29 is 0 Å². The first-order valence-electron chi connectivity index (χ1n) is 8.38. The van der Waals surface area contributed by atoms with E-state index in [1.165, 1.54) is 82.1 Å². The minimum atomic E-state index is 1.21. The van der Waals surface area contributed by atoms with E-state index in [2.05, 4.69) is 37.5 Å². The number of rotatable bonds is 11. The van der Waals surface area contributed by atoms with Gasteiger partial charge in [-0.15, -0.1) is 0 Å². The van der Waals surface area contributed by atoms with Crippen molar-refractivity contribution in [3.63, 3.8) is 0 Å². The maximum atomic E-state index is 2.45. The first-order valence-corrected chi connectivity index (χ1v) is 8.38. The van der Waals surface area contributed by atoms with Crippen molar-refractivity contribution in [2.45, 2.75) is 91.5 Å². The van der Waals surface area contributed by atoms with Gasteiger partial charge in [0.2, 0.25) is 0 Å². The third-order valence-electron chi connectivity index (χ3n) is 4.15. The zero-order chi connectivity index (χ0) is 13.9. The van der Waals surface area contributed by atoms with Crippen LogP contribution in [0.4, 0.5) is 0 Å². The van der Waals surface area contributed by atoms with Crippen LogP contribution in [-0.4, -0.2) is 4.57 Å². The summed E-state index contributed by atoms with van der Waals surface area (Å²) < 4.78 is 2.45. The van der Waals surface area contributed by atoms with Crippen LogP contribution >= 0.6 is 0 Å². The molecular weight excluding hydrogens is 230 g/mol. The lowest BCUT2D eigenvalue weighted by Gasteiger charge is -2.09. The maximum absolute atomic E-state index is 2.45. The highest BCUT2D eigenvalue weighted by Gasteiger charge is 2.00. The molecule has 0 N–H and O–H groups in total. The highest BCUT2D eigenvalue weighted by molar-refractivity contribution is 5.13. The van der Waals surface area contributed by atoms with Crippen molar-refractivity contribution in [1.29, 1.82) is 0 Å². The van der Waals surface area contributed by atoms with Crippen molar-refractivity contribution in [2.75, 3.05) is 0 Å². The molecule has 0 aromatic carbocycles. The van der Waals surface area contributed by atoms with Gasteiger partial charge in [0, 0.05) is 17.9 Å². The second kappa shape index (κ2) is 10.1. The van der Waals surface area contributed by atoms with E-state index in [9.17, 15) is 0 Å². The highest BCUT2D eigenvalue weighted by Crippen LogP contribution is 2.13. The number of hydrogen-bond acceptors (Lipinski definition) is 0. The van der Waals surface area contributed by atoms with Crippen LogP contribution in [-0.2, 0) is 6.54 Å². The largest absolute Gasteiger partial charge is 0.349 e. The first kappa shape index (κ1) is 16.3. The third-order valence-corrected chi connectivity index (χ3v) is 4.15. The second-order valence-corrected chi connectivity index (χ2v) is 5.95. The van der Waals surface area contributed by atoms with E-state index in [0.717, 1.165) is 0 Å². The van der Waals surface area contributed by atoms with Gasteiger partial charge in [-0.3, -0.25) is 0 Å². The Balaban J connectivity index is 1.92. The smallest absolute Gasteiger partial charge is 0.0224 e. The lowest BCUT2D eigenvalue weighted by atomic mass is 10.1. The fourth-order valence-electron chi connectivity index (χ4n) is 2.81. The molecule has 1 heterocycles. The molecule has 19 heavy (non-hydrogen) atoms. The molecule has 110 valence electrons. The third kappa shape index (κ3) is 6.84. The Kier molecular flexibility index (Phi) is 8.69. The van der Waals surface area contributed by atoms with Gasteiger partial charge in [0.05, 0.1) is 0 Å². The van der Waals surface area contributed by atoms with Crippen molar-refractivity contribution >= 4 is 0 Å². The van der Waals surface area contributed by atoms with Gasteiger partial charge < -0.3 is 4.57 Å². The Labute approximate surface area is 120 Å². The molecule has 0 aliphatic rings. The summed E-state index contributed by atoms with van der Waals surface area (Å²) in [5.41, 5.74) is 2.82. The summed E-state index contributed by atoms with van der Waals surface area (Å²) in [6, 6.07) is 4.46. The predicted molar refractivity (Wildman–Crippen MR) is 85.8 cm³/mol. The van der Waals surface area contributed by atoms with E-state index in [4.69, 9.17) is 0 Å². The number of hydrogen-bond donors (Lipinski definition) is 0. The summed E-state index contributed by atoms with van der Waals surface area (Å²) in [5.74, 6) is 0. The summed E-state index contributed by atoms with van der Waals surface area (Å²) in [6.45, 7) is 7.92. The maximum Gasteiger partial charge on any atom is 0.0224 e. The van der Waals surface area contributed by atoms with E-state index >= 15 is 0 Å². The van der Waals surface area contributed by atoms with Gasteiger partial charge in [0.15, 0.2) is 0 Å². The predicted octanol–water partition coefficient (Wildman–Crippen LogP) is 6.03. The zero-order valence-electron chi connectivity index (χ0n) is 13.4. The summed E-state index contributed by atoms with van der Waals surface area (Å²) in [4.78, 5) is 0. The van der Waals surface area contributed by atoms with Gasteiger partial charge in [0.25, 0.3) is 0 Å². The molecule has 0 unspecified atom stereocenters. The molecule has 1 aromatic heterocycles. The fourth-order valence-corrected chi connectivity index (χ4v) is 2.81. The lowest BCUT2D eigenvalue weighted by molar-refractivity contribution is 0.529. The molecule has 1 heteroatoms. The number of unbranched alkanes of at least 4 members (excludes halogenated alkanes) is 9. The Hall–Kier alpha value is -0.720. The van der Waals surface area contributed by atoms with Crippen LogP contribution in [0.25, 0.3) is 0 Å². The Morgan fingerprint density at radius 3 is 1.58 bits per heavy atom. The van der Waals surface area contributed by atoms with Gasteiger partial charge in [-0.25, -0.2) is 0 Å². The fraction of sp³-hybridized carbons (Fsp3) is 0.778. The van der Waals surface area contributed by atoms with Crippen LogP contribution in [0.2, 0.25) is 0 Å². The van der Waals surface area contributed by atoms with Gasteiger partial charge in [0.1, 0.15) is 0 Å². The molecule has 0 fully saturated rings. The molecule has 0 atom stereocenters. The summed E-state index contributed by atoms with van der Waals surface area (Å²) in [7, 11) is 0. The molecular formula is C18H33N. The van der Waals surface area contributed by atoms with Crippen molar-refractivity contribution in [3.8, 4) is 0 Å². The minimum absolute atomic E-state index is 1.21. The van der Waals surface area contributed by atoms with Crippen LogP contribution < -0.4 is 0 Å². The van der Waals surface area contributed by atoms with Crippen LogP contribution in [0.3, 0.4) is 0 Å². The quantitative estimate of drug-likeness (QED) is 0.430. The van der Waals surface area contributed by atoms with Crippen molar-refractivity contribution in [2.24, 2.45) is 0 Å². The van der Waals surface area contributed by atoms with E-state index in [1.807, 2.05) is 0 Å². The molecule has 0 aliphatic heterocycles. The Morgan fingerprint density at radius 1 is 0.684 bits per heavy atom. The molecule has 0 aliphatic carbocycles. The summed E-state index contributed by atoms with van der Waals surface area (Å²) in [5, 5.41) is 0. The molecule has 0 saturated heterocycles.